The normalized spacial score (nSPS) is 35.2. The third-order valence-corrected chi connectivity index (χ3v) is 5.86. The number of hydrogen-bond acceptors (Lipinski definition) is 5. The summed E-state index contributed by atoms with van der Waals surface area (Å²) in [6.45, 7) is 5.13. The van der Waals surface area contributed by atoms with E-state index >= 15 is 0 Å². The minimum atomic E-state index is 0.0434. The minimum absolute atomic E-state index is 0.0434. The zero-order chi connectivity index (χ0) is 16.2. The molecular weight excluding hydrogens is 290 g/mol. The molecule has 4 rings (SSSR count). The lowest BCUT2D eigenvalue weighted by atomic mass is 9.73. The first-order valence-electron chi connectivity index (χ1n) is 8.61. The summed E-state index contributed by atoms with van der Waals surface area (Å²) in [5.41, 5.74) is 1.08. The largest absolute Gasteiger partial charge is 0.493 e. The molecule has 23 heavy (non-hydrogen) atoms. The Labute approximate surface area is 138 Å². The quantitative estimate of drug-likeness (QED) is 0.848. The summed E-state index contributed by atoms with van der Waals surface area (Å²) >= 11 is 0. The maximum atomic E-state index is 6.52. The first kappa shape index (κ1) is 15.2. The summed E-state index contributed by atoms with van der Waals surface area (Å²) in [6.07, 6.45) is 2.86. The second-order valence-electron chi connectivity index (χ2n) is 7.65. The van der Waals surface area contributed by atoms with Gasteiger partial charge in [-0.15, -0.1) is 0 Å². The minimum Gasteiger partial charge on any atom is -0.493 e. The van der Waals surface area contributed by atoms with Crippen LogP contribution in [0.5, 0.6) is 5.75 Å². The van der Waals surface area contributed by atoms with Gasteiger partial charge in [0.05, 0.1) is 18.8 Å². The van der Waals surface area contributed by atoms with E-state index in [2.05, 4.69) is 23.9 Å². The molecule has 0 unspecified atom stereocenters. The van der Waals surface area contributed by atoms with Gasteiger partial charge in [-0.3, -0.25) is 0 Å². The van der Waals surface area contributed by atoms with Gasteiger partial charge in [-0.1, -0.05) is 0 Å². The number of fused-ring (bicyclic) bond motifs is 1. The van der Waals surface area contributed by atoms with E-state index in [0.717, 1.165) is 36.9 Å². The van der Waals surface area contributed by atoms with E-state index in [-0.39, 0.29) is 5.60 Å². The number of hydrogen-bond donors (Lipinski definition) is 0. The number of ether oxygens (including phenoxy) is 2. The van der Waals surface area contributed by atoms with Gasteiger partial charge in [-0.05, 0) is 46.0 Å². The number of nitrogens with zero attached hydrogens (tertiary/aromatic N) is 3. The Bertz CT molecular complexity index is 606. The Balaban J connectivity index is 1.63. The van der Waals surface area contributed by atoms with Crippen molar-refractivity contribution in [1.29, 1.82) is 0 Å². The van der Waals surface area contributed by atoms with Crippen LogP contribution in [-0.4, -0.2) is 62.4 Å². The predicted octanol–water partition coefficient (Wildman–Crippen LogP) is 1.94. The Morgan fingerprint density at radius 2 is 2.26 bits per heavy atom. The topological polar surface area (TPSA) is 37.8 Å². The van der Waals surface area contributed by atoms with Gasteiger partial charge in [-0.25, -0.2) is 4.98 Å². The molecule has 3 aliphatic heterocycles. The van der Waals surface area contributed by atoms with E-state index in [0.29, 0.717) is 17.9 Å². The van der Waals surface area contributed by atoms with Crippen LogP contribution in [0.2, 0.25) is 0 Å². The molecule has 4 atom stereocenters. The first-order valence-corrected chi connectivity index (χ1v) is 8.61. The molecule has 5 nitrogen and oxygen atoms in total. The van der Waals surface area contributed by atoms with Gasteiger partial charge in [-0.2, -0.15) is 0 Å². The molecule has 3 fully saturated rings. The van der Waals surface area contributed by atoms with Crippen molar-refractivity contribution in [2.24, 2.45) is 11.8 Å². The van der Waals surface area contributed by atoms with Gasteiger partial charge in [0.15, 0.2) is 11.6 Å². The van der Waals surface area contributed by atoms with E-state index in [4.69, 9.17) is 14.5 Å². The lowest BCUT2D eigenvalue weighted by molar-refractivity contribution is 0.0136. The van der Waals surface area contributed by atoms with Crippen molar-refractivity contribution in [3.8, 4) is 5.75 Å². The van der Waals surface area contributed by atoms with Gasteiger partial charge in [0.2, 0.25) is 0 Å². The molecule has 0 aromatic carbocycles. The van der Waals surface area contributed by atoms with Crippen LogP contribution >= 0.6 is 0 Å². The maximum absolute atomic E-state index is 6.52. The summed E-state index contributed by atoms with van der Waals surface area (Å²) < 4.78 is 12.1. The summed E-state index contributed by atoms with van der Waals surface area (Å²) in [5, 5.41) is 0. The monoisotopic (exact) mass is 317 g/mol. The molecule has 0 N–H and O–H groups in total. The highest BCUT2D eigenvalue weighted by molar-refractivity contribution is 5.55. The van der Waals surface area contributed by atoms with Crippen molar-refractivity contribution < 1.29 is 9.47 Å². The van der Waals surface area contributed by atoms with Gasteiger partial charge in [0, 0.05) is 37.2 Å². The lowest BCUT2D eigenvalue weighted by Crippen LogP contribution is -2.40. The van der Waals surface area contributed by atoms with Crippen LogP contribution < -0.4 is 9.64 Å². The molecule has 0 aliphatic carbocycles. The van der Waals surface area contributed by atoms with E-state index in [1.165, 1.54) is 12.8 Å². The van der Waals surface area contributed by atoms with Gasteiger partial charge in [0.1, 0.15) is 0 Å². The van der Waals surface area contributed by atoms with Gasteiger partial charge >= 0.3 is 0 Å². The molecule has 0 radical (unpaired) electrons. The Kier molecular flexibility index (Phi) is 3.54. The van der Waals surface area contributed by atoms with Crippen molar-refractivity contribution in [3.05, 3.63) is 17.8 Å². The van der Waals surface area contributed by atoms with Crippen molar-refractivity contribution in [3.63, 3.8) is 0 Å². The van der Waals surface area contributed by atoms with Crippen molar-refractivity contribution >= 4 is 5.82 Å². The molecule has 3 aliphatic rings. The lowest BCUT2D eigenvalue weighted by Gasteiger charge is -2.30. The predicted molar refractivity (Wildman–Crippen MR) is 90.1 cm³/mol. The fraction of sp³-hybridized carbons (Fsp3) is 0.722. The molecule has 1 spiro atoms. The summed E-state index contributed by atoms with van der Waals surface area (Å²) in [5.74, 6) is 3.09. The molecule has 1 aromatic heterocycles. The fourth-order valence-electron chi connectivity index (χ4n) is 4.93. The van der Waals surface area contributed by atoms with Crippen LogP contribution in [0.3, 0.4) is 0 Å². The van der Waals surface area contributed by atoms with E-state index < -0.39 is 0 Å². The van der Waals surface area contributed by atoms with Crippen LogP contribution in [-0.2, 0) is 4.74 Å². The highest BCUT2D eigenvalue weighted by atomic mass is 16.5. The van der Waals surface area contributed by atoms with Crippen molar-refractivity contribution in [2.45, 2.75) is 31.5 Å². The number of anilines is 1. The molecule has 4 heterocycles. The number of rotatable bonds is 4. The second kappa shape index (κ2) is 5.35. The summed E-state index contributed by atoms with van der Waals surface area (Å²) in [7, 11) is 6.05. The van der Waals surface area contributed by atoms with Crippen molar-refractivity contribution in [2.75, 3.05) is 45.7 Å². The average molecular weight is 317 g/mol. The van der Waals surface area contributed by atoms with Crippen LogP contribution in [0, 0.1) is 18.8 Å². The second-order valence-corrected chi connectivity index (χ2v) is 7.65. The molecule has 0 amide bonds. The molecular formula is C18H27N3O2. The molecule has 126 valence electrons. The molecule has 0 saturated carbocycles. The smallest absolute Gasteiger partial charge is 0.171 e. The zero-order valence-electron chi connectivity index (χ0n) is 14.6. The summed E-state index contributed by atoms with van der Waals surface area (Å²) in [4.78, 5) is 9.44. The van der Waals surface area contributed by atoms with Gasteiger partial charge in [0.25, 0.3) is 0 Å². The Morgan fingerprint density at radius 1 is 1.43 bits per heavy atom. The molecule has 1 aromatic rings. The SMILES string of the molecule is COc1ccc(C)nc1N1C[C@H]2[C@@H](CN(C)C)[C@@H]3CC[C@@]2(C1)O3. The highest BCUT2D eigenvalue weighted by Crippen LogP contribution is 2.55. The highest BCUT2D eigenvalue weighted by Gasteiger charge is 2.63. The average Bonchev–Trinajstić information content (AvgIpc) is 3.16. The van der Waals surface area contributed by atoms with Gasteiger partial charge < -0.3 is 19.3 Å². The third kappa shape index (κ3) is 2.32. The van der Waals surface area contributed by atoms with Crippen LogP contribution in [0.1, 0.15) is 18.5 Å². The zero-order valence-corrected chi connectivity index (χ0v) is 14.6. The van der Waals surface area contributed by atoms with Crippen LogP contribution in [0.25, 0.3) is 0 Å². The third-order valence-electron chi connectivity index (χ3n) is 5.86. The number of methoxy groups -OCH3 is 1. The Morgan fingerprint density at radius 3 is 3.00 bits per heavy atom. The van der Waals surface area contributed by atoms with Crippen LogP contribution in [0.15, 0.2) is 12.1 Å². The number of aryl methyl sites for hydroxylation is 1. The van der Waals surface area contributed by atoms with Crippen molar-refractivity contribution in [1.82, 2.24) is 9.88 Å². The molecule has 5 heteroatoms. The standard InChI is InChI=1S/C18H27N3O2/c1-12-5-6-16(22-4)17(19-12)21-10-14-13(9-20(2)3)15-7-8-18(14,11-21)23-15/h5-6,13-15H,7-11H2,1-4H3/t13-,14+,15+,18+/m1/s1. The summed E-state index contributed by atoms with van der Waals surface area (Å²) in [6, 6.07) is 4.04. The van der Waals surface area contributed by atoms with E-state index in [1.807, 2.05) is 19.1 Å². The number of aromatic nitrogens is 1. The van der Waals surface area contributed by atoms with E-state index in [9.17, 15) is 0 Å². The Hall–Kier alpha value is -1.33. The first-order chi connectivity index (χ1) is 11.0. The number of pyridine rings is 1. The van der Waals surface area contributed by atoms with Crippen LogP contribution in [0.4, 0.5) is 5.82 Å². The fourth-order valence-corrected chi connectivity index (χ4v) is 4.93. The van der Waals surface area contributed by atoms with E-state index in [1.54, 1.807) is 7.11 Å². The maximum Gasteiger partial charge on any atom is 0.171 e. The molecule has 3 saturated heterocycles. The molecule has 2 bridgehead atoms.